The average Bonchev–Trinajstić information content (AvgIpc) is 3.15. The summed E-state index contributed by atoms with van der Waals surface area (Å²) in [5.74, 6) is -0.475. The molecule has 1 aromatic heterocycles. The first kappa shape index (κ1) is 17.4. The SMILES string of the molecule is COc1ccc(C(=O)Nc2cc(Cl)ccc2-n2cncn2)cc1[N+](=O)[O-]. The summed E-state index contributed by atoms with van der Waals surface area (Å²) >= 11 is 6.01. The lowest BCUT2D eigenvalue weighted by molar-refractivity contribution is -0.385. The smallest absolute Gasteiger partial charge is 0.311 e. The third-order valence-electron chi connectivity index (χ3n) is 3.51. The van der Waals surface area contributed by atoms with Crippen LogP contribution in [0.4, 0.5) is 11.4 Å². The van der Waals surface area contributed by atoms with E-state index in [1.807, 2.05) is 0 Å². The number of methoxy groups -OCH3 is 1. The molecular weight excluding hydrogens is 362 g/mol. The van der Waals surface area contributed by atoms with Gasteiger partial charge in [-0.15, -0.1) is 0 Å². The highest BCUT2D eigenvalue weighted by atomic mass is 35.5. The molecule has 10 heteroatoms. The Labute approximate surface area is 152 Å². The number of carbonyl (C=O) groups excluding carboxylic acids is 1. The Morgan fingerprint density at radius 1 is 1.31 bits per heavy atom. The number of amides is 1. The second-order valence-corrected chi connectivity index (χ2v) is 5.54. The lowest BCUT2D eigenvalue weighted by atomic mass is 10.1. The van der Waals surface area contributed by atoms with Gasteiger partial charge in [0.15, 0.2) is 5.75 Å². The number of benzene rings is 2. The predicted octanol–water partition coefficient (Wildman–Crippen LogP) is 3.09. The van der Waals surface area contributed by atoms with Crippen LogP contribution in [0.1, 0.15) is 10.4 Å². The van der Waals surface area contributed by atoms with Gasteiger partial charge in [-0.25, -0.2) is 9.67 Å². The van der Waals surface area contributed by atoms with E-state index in [1.54, 1.807) is 18.2 Å². The second kappa shape index (κ2) is 7.19. The number of nitro groups is 1. The van der Waals surface area contributed by atoms with Crippen LogP contribution in [0.25, 0.3) is 5.69 Å². The van der Waals surface area contributed by atoms with E-state index < -0.39 is 10.8 Å². The van der Waals surface area contributed by atoms with Crippen molar-refractivity contribution in [1.29, 1.82) is 0 Å². The summed E-state index contributed by atoms with van der Waals surface area (Å²) in [7, 11) is 1.32. The molecule has 0 aliphatic carbocycles. The van der Waals surface area contributed by atoms with Crippen molar-refractivity contribution in [3.63, 3.8) is 0 Å². The quantitative estimate of drug-likeness (QED) is 0.543. The molecule has 0 fully saturated rings. The summed E-state index contributed by atoms with van der Waals surface area (Å²) < 4.78 is 6.39. The monoisotopic (exact) mass is 373 g/mol. The second-order valence-electron chi connectivity index (χ2n) is 5.10. The van der Waals surface area contributed by atoms with Crippen molar-refractivity contribution < 1.29 is 14.5 Å². The number of rotatable bonds is 5. The first-order chi connectivity index (χ1) is 12.5. The zero-order valence-corrected chi connectivity index (χ0v) is 14.2. The molecular formula is C16H12ClN5O4. The number of aromatic nitrogens is 3. The van der Waals surface area contributed by atoms with Gasteiger partial charge in [0.2, 0.25) is 0 Å². The number of nitro benzene ring substituents is 1. The van der Waals surface area contributed by atoms with Gasteiger partial charge in [-0.05, 0) is 30.3 Å². The van der Waals surface area contributed by atoms with Crippen molar-refractivity contribution in [2.45, 2.75) is 0 Å². The Bertz CT molecular complexity index is 975. The fourth-order valence-electron chi connectivity index (χ4n) is 2.31. The lowest BCUT2D eigenvalue weighted by Crippen LogP contribution is -2.14. The molecule has 0 spiro atoms. The van der Waals surface area contributed by atoms with Gasteiger partial charge in [0.05, 0.1) is 23.4 Å². The van der Waals surface area contributed by atoms with E-state index in [4.69, 9.17) is 16.3 Å². The van der Waals surface area contributed by atoms with Crippen LogP contribution < -0.4 is 10.1 Å². The first-order valence-corrected chi connectivity index (χ1v) is 7.65. The Balaban J connectivity index is 1.95. The minimum atomic E-state index is -0.615. The first-order valence-electron chi connectivity index (χ1n) is 7.28. The number of nitrogens with zero attached hydrogens (tertiary/aromatic N) is 4. The number of carbonyl (C=O) groups is 1. The highest BCUT2D eigenvalue weighted by Crippen LogP contribution is 2.29. The zero-order valence-electron chi connectivity index (χ0n) is 13.4. The molecule has 1 amide bonds. The summed E-state index contributed by atoms with van der Waals surface area (Å²) in [4.78, 5) is 26.9. The van der Waals surface area contributed by atoms with Gasteiger partial charge >= 0.3 is 5.69 Å². The van der Waals surface area contributed by atoms with Crippen LogP contribution >= 0.6 is 11.6 Å². The Morgan fingerprint density at radius 2 is 2.12 bits per heavy atom. The number of nitrogens with one attached hydrogen (secondary N) is 1. The van der Waals surface area contributed by atoms with E-state index in [1.165, 1.54) is 36.6 Å². The fraction of sp³-hybridized carbons (Fsp3) is 0.0625. The number of anilines is 1. The average molecular weight is 374 g/mol. The maximum absolute atomic E-state index is 12.6. The summed E-state index contributed by atoms with van der Waals surface area (Å²) in [5.41, 5.74) is 0.722. The molecule has 0 radical (unpaired) electrons. The van der Waals surface area contributed by atoms with Crippen LogP contribution in [0.2, 0.25) is 5.02 Å². The third-order valence-corrected chi connectivity index (χ3v) is 3.75. The normalized spacial score (nSPS) is 10.4. The maximum atomic E-state index is 12.6. The third kappa shape index (κ3) is 3.47. The van der Waals surface area contributed by atoms with Crippen LogP contribution in [-0.2, 0) is 0 Å². The van der Waals surface area contributed by atoms with Gasteiger partial charge in [-0.3, -0.25) is 14.9 Å². The molecule has 2 aromatic carbocycles. The van der Waals surface area contributed by atoms with Crippen LogP contribution in [-0.4, -0.2) is 32.7 Å². The summed E-state index contributed by atoms with van der Waals surface area (Å²) in [5, 5.41) is 18.2. The Hall–Kier alpha value is -3.46. The number of ether oxygens (including phenoxy) is 1. The summed E-state index contributed by atoms with van der Waals surface area (Å²) in [6.07, 6.45) is 2.82. The lowest BCUT2D eigenvalue weighted by Gasteiger charge is -2.12. The van der Waals surface area contributed by atoms with Crippen LogP contribution in [0.5, 0.6) is 5.75 Å². The van der Waals surface area contributed by atoms with Crippen LogP contribution in [0, 0.1) is 10.1 Å². The molecule has 1 heterocycles. The predicted molar refractivity (Wildman–Crippen MR) is 94.0 cm³/mol. The van der Waals surface area contributed by atoms with Gasteiger partial charge in [0.1, 0.15) is 12.7 Å². The number of hydrogen-bond donors (Lipinski definition) is 1. The molecule has 9 nitrogen and oxygen atoms in total. The molecule has 3 aromatic rings. The minimum absolute atomic E-state index is 0.0672. The van der Waals surface area contributed by atoms with Crippen molar-refractivity contribution >= 4 is 28.9 Å². The standard InChI is InChI=1S/C16H12ClN5O4/c1-26-15-5-2-10(6-14(15)22(24)25)16(23)20-12-7-11(17)3-4-13(12)21-9-18-8-19-21/h2-9H,1H3,(H,20,23). The Kier molecular flexibility index (Phi) is 4.81. The zero-order chi connectivity index (χ0) is 18.7. The Morgan fingerprint density at radius 3 is 2.77 bits per heavy atom. The van der Waals surface area contributed by atoms with Gasteiger partial charge in [0.25, 0.3) is 5.91 Å². The maximum Gasteiger partial charge on any atom is 0.311 e. The summed E-state index contributed by atoms with van der Waals surface area (Å²) in [6.45, 7) is 0. The largest absolute Gasteiger partial charge is 0.490 e. The van der Waals surface area contributed by atoms with Crippen molar-refractivity contribution in [3.05, 3.63) is 69.8 Å². The van der Waals surface area contributed by atoms with Crippen molar-refractivity contribution in [2.24, 2.45) is 0 Å². The molecule has 26 heavy (non-hydrogen) atoms. The molecule has 0 aliphatic heterocycles. The van der Waals surface area contributed by atoms with E-state index in [-0.39, 0.29) is 17.0 Å². The molecule has 0 aliphatic rings. The fourth-order valence-corrected chi connectivity index (χ4v) is 2.48. The number of hydrogen-bond acceptors (Lipinski definition) is 6. The molecule has 0 atom stereocenters. The molecule has 3 rings (SSSR count). The summed E-state index contributed by atoms with van der Waals surface area (Å²) in [6, 6.07) is 8.81. The molecule has 132 valence electrons. The van der Waals surface area contributed by atoms with Gasteiger partial charge in [-0.2, -0.15) is 5.10 Å². The van der Waals surface area contributed by atoms with Crippen molar-refractivity contribution in [3.8, 4) is 11.4 Å². The highest BCUT2D eigenvalue weighted by molar-refractivity contribution is 6.31. The minimum Gasteiger partial charge on any atom is -0.490 e. The van der Waals surface area contributed by atoms with Gasteiger partial charge in [0, 0.05) is 16.7 Å². The molecule has 0 bridgehead atoms. The van der Waals surface area contributed by atoms with Gasteiger partial charge in [-0.1, -0.05) is 11.6 Å². The van der Waals surface area contributed by atoms with E-state index in [0.29, 0.717) is 16.4 Å². The van der Waals surface area contributed by atoms with Crippen LogP contribution in [0.3, 0.4) is 0 Å². The topological polar surface area (TPSA) is 112 Å². The van der Waals surface area contributed by atoms with E-state index in [9.17, 15) is 14.9 Å². The highest BCUT2D eigenvalue weighted by Gasteiger charge is 2.19. The molecule has 1 N–H and O–H groups in total. The van der Waals surface area contributed by atoms with E-state index >= 15 is 0 Å². The van der Waals surface area contributed by atoms with Crippen molar-refractivity contribution in [1.82, 2.24) is 14.8 Å². The molecule has 0 saturated heterocycles. The number of halogens is 1. The van der Waals surface area contributed by atoms with Crippen molar-refractivity contribution in [2.75, 3.05) is 12.4 Å². The van der Waals surface area contributed by atoms with Gasteiger partial charge < -0.3 is 10.1 Å². The van der Waals surface area contributed by atoms with Crippen LogP contribution in [0.15, 0.2) is 49.1 Å². The molecule has 0 saturated carbocycles. The molecule has 0 unspecified atom stereocenters. The van der Waals surface area contributed by atoms with E-state index in [0.717, 1.165) is 6.07 Å². The van der Waals surface area contributed by atoms with E-state index in [2.05, 4.69) is 15.4 Å².